The molecule has 1 N–H and O–H groups in total. The minimum atomic E-state index is -0.0392. The molecule has 1 unspecified atom stereocenters. The lowest BCUT2D eigenvalue weighted by atomic mass is 9.79. The number of nitrogens with zero attached hydrogens (tertiary/aromatic N) is 3. The summed E-state index contributed by atoms with van der Waals surface area (Å²) in [4.78, 5) is 27.0. The summed E-state index contributed by atoms with van der Waals surface area (Å²) in [7, 11) is 0. The van der Waals surface area contributed by atoms with Gasteiger partial charge in [-0.15, -0.1) is 0 Å². The van der Waals surface area contributed by atoms with Gasteiger partial charge in [0.1, 0.15) is 0 Å². The van der Waals surface area contributed by atoms with Crippen molar-refractivity contribution in [2.24, 2.45) is 4.99 Å². The lowest BCUT2D eigenvalue weighted by molar-refractivity contribution is -0.122. The summed E-state index contributed by atoms with van der Waals surface area (Å²) in [5.74, 6) is 0.356. The standard InChI is InChI=1S/C34H35ClN4OS/c1-5-39-30-19-28(35)24(17-27(30)22(2)20-34(39,3)4)18-31-32(40)38(33(41-31)37-25-11-7-6-8-12-25)16-15-23-21-36-29-14-10-9-13-26(23)29/h6-14,17-19,21-22,36H,5,15-16,20H2,1-4H3/b31-18+,37-33?. The van der Waals surface area contributed by atoms with E-state index in [2.05, 4.69) is 61.8 Å². The number of aliphatic imine (C=N–C) groups is 1. The van der Waals surface area contributed by atoms with Crippen molar-refractivity contribution in [1.29, 1.82) is 0 Å². The Labute approximate surface area is 251 Å². The topological polar surface area (TPSA) is 51.7 Å². The van der Waals surface area contributed by atoms with Crippen LogP contribution in [0.5, 0.6) is 0 Å². The van der Waals surface area contributed by atoms with Gasteiger partial charge in [-0.2, -0.15) is 0 Å². The van der Waals surface area contributed by atoms with Gasteiger partial charge in [-0.1, -0.05) is 54.9 Å². The van der Waals surface area contributed by atoms with Crippen LogP contribution >= 0.6 is 23.4 Å². The molecule has 0 aliphatic carbocycles. The number of thioether (sulfide) groups is 1. The highest BCUT2D eigenvalue weighted by Gasteiger charge is 2.37. The lowest BCUT2D eigenvalue weighted by Crippen LogP contribution is -2.48. The van der Waals surface area contributed by atoms with Crippen molar-refractivity contribution in [3.8, 4) is 0 Å². The zero-order chi connectivity index (χ0) is 28.7. The molecule has 7 heteroatoms. The number of H-pyrrole nitrogens is 1. The number of aromatic amines is 1. The summed E-state index contributed by atoms with van der Waals surface area (Å²) in [6, 6.07) is 22.3. The van der Waals surface area contributed by atoms with E-state index >= 15 is 0 Å². The van der Waals surface area contributed by atoms with Crippen molar-refractivity contribution in [1.82, 2.24) is 9.88 Å². The SMILES string of the molecule is CCN1c2cc(Cl)c(/C=C3/SC(=Nc4ccccc4)N(CCc4c[nH]c5ccccc45)C3=O)cc2C(C)CC1(C)C. The number of hydrogen-bond donors (Lipinski definition) is 1. The number of anilines is 1. The van der Waals surface area contributed by atoms with Crippen molar-refractivity contribution in [2.75, 3.05) is 18.0 Å². The van der Waals surface area contributed by atoms with Crippen molar-refractivity contribution in [3.05, 3.63) is 99.5 Å². The Morgan fingerprint density at radius 1 is 1.12 bits per heavy atom. The number of nitrogens with one attached hydrogen (secondary N) is 1. The van der Waals surface area contributed by atoms with Gasteiger partial charge in [0.05, 0.1) is 10.6 Å². The Bertz CT molecular complexity index is 1670. The van der Waals surface area contributed by atoms with E-state index < -0.39 is 0 Å². The number of rotatable bonds is 6. The molecule has 1 fully saturated rings. The average Bonchev–Trinajstić information content (AvgIpc) is 3.49. The first kappa shape index (κ1) is 27.7. The molecule has 3 aromatic carbocycles. The maximum absolute atomic E-state index is 13.9. The number of amides is 1. The smallest absolute Gasteiger partial charge is 0.266 e. The molecule has 4 aromatic rings. The molecular weight excluding hydrogens is 548 g/mol. The highest BCUT2D eigenvalue weighted by atomic mass is 35.5. The third-order valence-corrected chi connectivity index (χ3v) is 9.59. The summed E-state index contributed by atoms with van der Waals surface area (Å²) >= 11 is 8.32. The Morgan fingerprint density at radius 2 is 1.88 bits per heavy atom. The number of amidine groups is 1. The Hall–Kier alpha value is -3.48. The van der Waals surface area contributed by atoms with Gasteiger partial charge in [-0.05, 0) is 104 Å². The van der Waals surface area contributed by atoms with Crippen LogP contribution in [0.25, 0.3) is 17.0 Å². The van der Waals surface area contributed by atoms with Gasteiger partial charge in [-0.25, -0.2) is 4.99 Å². The van der Waals surface area contributed by atoms with Crippen LogP contribution in [-0.4, -0.2) is 39.6 Å². The van der Waals surface area contributed by atoms with Crippen LogP contribution in [0, 0.1) is 0 Å². The van der Waals surface area contributed by atoms with E-state index in [-0.39, 0.29) is 11.4 Å². The van der Waals surface area contributed by atoms with Gasteiger partial charge in [0, 0.05) is 46.4 Å². The highest BCUT2D eigenvalue weighted by molar-refractivity contribution is 8.18. The molecule has 3 heterocycles. The van der Waals surface area contributed by atoms with Crippen molar-refractivity contribution < 1.29 is 4.79 Å². The van der Waals surface area contributed by atoms with Crippen LogP contribution in [0.3, 0.4) is 0 Å². The molecule has 2 aliphatic rings. The molecule has 210 valence electrons. The van der Waals surface area contributed by atoms with Crippen molar-refractivity contribution in [2.45, 2.75) is 52.0 Å². The van der Waals surface area contributed by atoms with Crippen LogP contribution in [0.2, 0.25) is 5.02 Å². The number of hydrogen-bond acceptors (Lipinski definition) is 4. The Kier molecular flexibility index (Phi) is 7.47. The first-order valence-electron chi connectivity index (χ1n) is 14.3. The molecule has 5 nitrogen and oxygen atoms in total. The van der Waals surface area contributed by atoms with E-state index in [1.54, 1.807) is 0 Å². The third kappa shape index (κ3) is 5.31. The van der Waals surface area contributed by atoms with Crippen LogP contribution in [0.15, 0.2) is 82.8 Å². The summed E-state index contributed by atoms with van der Waals surface area (Å²) in [5.41, 5.74) is 6.53. The van der Waals surface area contributed by atoms with Gasteiger partial charge in [0.15, 0.2) is 5.17 Å². The second-order valence-corrected chi connectivity index (χ2v) is 12.9. The first-order valence-corrected chi connectivity index (χ1v) is 15.5. The fourth-order valence-corrected chi connectivity index (χ4v) is 7.57. The molecule has 6 rings (SSSR count). The fraction of sp³-hybridized carbons (Fsp3) is 0.294. The van der Waals surface area contributed by atoms with Crippen molar-refractivity contribution in [3.63, 3.8) is 0 Å². The molecular formula is C34H35ClN4OS. The monoisotopic (exact) mass is 582 g/mol. The van der Waals surface area contributed by atoms with E-state index in [4.69, 9.17) is 16.6 Å². The number of halogens is 1. The van der Waals surface area contributed by atoms with Crippen LogP contribution in [-0.2, 0) is 11.2 Å². The van der Waals surface area contributed by atoms with E-state index in [1.165, 1.54) is 34.0 Å². The zero-order valence-electron chi connectivity index (χ0n) is 23.9. The summed E-state index contributed by atoms with van der Waals surface area (Å²) in [5, 5.41) is 2.53. The van der Waals surface area contributed by atoms with Crippen LogP contribution < -0.4 is 4.90 Å². The Balaban J connectivity index is 1.34. The number of para-hydroxylation sites is 2. The minimum absolute atomic E-state index is 0.0392. The fourth-order valence-electron chi connectivity index (χ4n) is 6.34. The summed E-state index contributed by atoms with van der Waals surface area (Å²) in [6.07, 6.45) is 5.77. The third-order valence-electron chi connectivity index (χ3n) is 8.26. The maximum atomic E-state index is 13.9. The number of benzene rings is 3. The average molecular weight is 583 g/mol. The molecule has 1 aromatic heterocycles. The highest BCUT2D eigenvalue weighted by Crippen LogP contribution is 2.46. The predicted octanol–water partition coefficient (Wildman–Crippen LogP) is 8.78. The molecule has 0 spiro atoms. The van der Waals surface area contributed by atoms with Crippen molar-refractivity contribution >= 4 is 62.8 Å². The summed E-state index contributed by atoms with van der Waals surface area (Å²) in [6.45, 7) is 10.5. The zero-order valence-corrected chi connectivity index (χ0v) is 25.5. The number of carbonyl (C=O) groups is 1. The predicted molar refractivity (Wildman–Crippen MR) is 174 cm³/mol. The second kappa shape index (κ2) is 11.1. The molecule has 2 aliphatic heterocycles. The quantitative estimate of drug-likeness (QED) is 0.231. The normalized spacial score (nSPS) is 20.4. The first-order chi connectivity index (χ1) is 19.7. The van der Waals surface area contributed by atoms with E-state index in [0.717, 1.165) is 36.2 Å². The van der Waals surface area contributed by atoms with E-state index in [0.29, 0.717) is 27.6 Å². The molecule has 0 saturated carbocycles. The van der Waals surface area contributed by atoms with Gasteiger partial charge in [-0.3, -0.25) is 9.69 Å². The minimum Gasteiger partial charge on any atom is -0.366 e. The van der Waals surface area contributed by atoms with E-state index in [9.17, 15) is 4.79 Å². The molecule has 0 radical (unpaired) electrons. The van der Waals surface area contributed by atoms with Crippen LogP contribution in [0.4, 0.5) is 11.4 Å². The number of fused-ring (bicyclic) bond motifs is 2. The second-order valence-electron chi connectivity index (χ2n) is 11.5. The lowest BCUT2D eigenvalue weighted by Gasteiger charge is -2.47. The van der Waals surface area contributed by atoms with Gasteiger partial charge >= 0.3 is 0 Å². The molecule has 1 saturated heterocycles. The number of carbonyl (C=O) groups excluding carboxylic acids is 1. The maximum Gasteiger partial charge on any atom is 0.266 e. The largest absolute Gasteiger partial charge is 0.366 e. The summed E-state index contributed by atoms with van der Waals surface area (Å²) < 4.78 is 0. The molecule has 0 bridgehead atoms. The Morgan fingerprint density at radius 3 is 2.66 bits per heavy atom. The molecule has 1 atom stereocenters. The van der Waals surface area contributed by atoms with Gasteiger partial charge in [0.25, 0.3) is 5.91 Å². The number of aromatic nitrogens is 1. The van der Waals surface area contributed by atoms with Crippen LogP contribution in [0.1, 0.15) is 56.7 Å². The van der Waals surface area contributed by atoms with Gasteiger partial charge < -0.3 is 9.88 Å². The molecule has 1 amide bonds. The van der Waals surface area contributed by atoms with Gasteiger partial charge in [0.2, 0.25) is 0 Å². The van der Waals surface area contributed by atoms with E-state index in [1.807, 2.05) is 59.6 Å². The molecule has 41 heavy (non-hydrogen) atoms.